The van der Waals surface area contributed by atoms with Gasteiger partial charge >= 0.3 is 6.18 Å². The molecule has 0 spiro atoms. The molecule has 0 unspecified atom stereocenters. The Labute approximate surface area is 263 Å². The molecule has 0 aromatic heterocycles. The van der Waals surface area contributed by atoms with Crippen molar-refractivity contribution in [3.63, 3.8) is 0 Å². The first-order chi connectivity index (χ1) is 22.3. The van der Waals surface area contributed by atoms with Crippen LogP contribution in [0.4, 0.5) is 47.3 Å². The summed E-state index contributed by atoms with van der Waals surface area (Å²) >= 11 is 0. The molecule has 1 N–H and O–H groups in total. The summed E-state index contributed by atoms with van der Waals surface area (Å²) in [6.45, 7) is 2.10. The topological polar surface area (TPSA) is 85.3 Å². The first-order valence-corrected chi connectivity index (χ1v) is 15.1. The summed E-state index contributed by atoms with van der Waals surface area (Å²) in [5.41, 5.74) is 6.46. The van der Waals surface area contributed by atoms with Gasteiger partial charge in [-0.15, -0.1) is 5.11 Å². The maximum atomic E-state index is 12.8. The minimum absolute atomic E-state index is 0.317. The van der Waals surface area contributed by atoms with Gasteiger partial charge in [-0.1, -0.05) is 24.3 Å². The highest BCUT2D eigenvalue weighted by molar-refractivity contribution is 6.01. The number of azo groups is 2. The standard InChI is InChI=1S/C36H29F3N6O/c37-36(38,39)25-9-11-26(12-10-25)41-42-27-13-15-28(16-14-27)43-44-33-18-17-32(29-6-1-2-7-30(29)33)40-22-24-21-23-5-3-19-45-20-4-8-31(34(23)45)35(24)46/h1-2,6-7,9-18,21-22,46H,3-5,8,19-20H2/b40-22+,42-41+,44-43+. The molecule has 230 valence electrons. The average molecular weight is 619 g/mol. The van der Waals surface area contributed by atoms with Crippen molar-refractivity contribution >= 4 is 51.1 Å². The fourth-order valence-electron chi connectivity index (χ4n) is 6.10. The molecule has 0 atom stereocenters. The normalized spacial score (nSPS) is 15.0. The molecule has 0 bridgehead atoms. The van der Waals surface area contributed by atoms with E-state index in [-0.39, 0.29) is 0 Å². The van der Waals surface area contributed by atoms with E-state index in [0.29, 0.717) is 28.5 Å². The van der Waals surface area contributed by atoms with Gasteiger partial charge in [-0.2, -0.15) is 28.5 Å². The third kappa shape index (κ3) is 5.98. The van der Waals surface area contributed by atoms with Crippen LogP contribution in [0.15, 0.2) is 116 Å². The monoisotopic (exact) mass is 618 g/mol. The molecular weight excluding hydrogens is 589 g/mol. The van der Waals surface area contributed by atoms with E-state index in [9.17, 15) is 18.3 Å². The number of phenols is 1. The molecule has 10 heteroatoms. The lowest BCUT2D eigenvalue weighted by molar-refractivity contribution is -0.137. The molecule has 2 heterocycles. The van der Waals surface area contributed by atoms with Crippen molar-refractivity contribution in [3.8, 4) is 5.75 Å². The van der Waals surface area contributed by atoms with Crippen LogP contribution in [-0.2, 0) is 19.0 Å². The van der Waals surface area contributed by atoms with Crippen molar-refractivity contribution < 1.29 is 18.3 Å². The number of halogens is 3. The zero-order valence-electron chi connectivity index (χ0n) is 24.7. The molecule has 0 saturated carbocycles. The second-order valence-corrected chi connectivity index (χ2v) is 11.4. The summed E-state index contributed by atoms with van der Waals surface area (Å²) < 4.78 is 38.3. The predicted octanol–water partition coefficient (Wildman–Crippen LogP) is 10.8. The van der Waals surface area contributed by atoms with Gasteiger partial charge in [-0.3, -0.25) is 4.99 Å². The van der Waals surface area contributed by atoms with E-state index < -0.39 is 11.7 Å². The molecule has 0 aliphatic carbocycles. The summed E-state index contributed by atoms with van der Waals surface area (Å²) in [4.78, 5) is 7.22. The highest BCUT2D eigenvalue weighted by Crippen LogP contribution is 2.42. The maximum absolute atomic E-state index is 12.8. The Morgan fingerprint density at radius 3 is 1.89 bits per heavy atom. The first-order valence-electron chi connectivity index (χ1n) is 15.1. The minimum atomic E-state index is -4.40. The zero-order chi connectivity index (χ0) is 31.7. The van der Waals surface area contributed by atoms with Crippen LogP contribution in [0.5, 0.6) is 5.75 Å². The molecule has 7 nitrogen and oxygen atoms in total. The quantitative estimate of drug-likeness (QED) is 0.152. The SMILES string of the molecule is Oc1c(/C=N/c2ccc(/N=N/c3ccc(/N=N/c4ccc(C(F)(F)F)cc4)cc3)c3ccccc23)cc2c3c1CCCN3CCC2. The number of hydrogen-bond donors (Lipinski definition) is 1. The van der Waals surface area contributed by atoms with Gasteiger partial charge < -0.3 is 10.0 Å². The van der Waals surface area contributed by atoms with Crippen LogP contribution >= 0.6 is 0 Å². The Kier molecular flexibility index (Phi) is 7.78. The molecule has 0 saturated heterocycles. The Morgan fingerprint density at radius 2 is 1.24 bits per heavy atom. The zero-order valence-corrected chi connectivity index (χ0v) is 24.7. The van der Waals surface area contributed by atoms with E-state index in [0.717, 1.165) is 78.5 Å². The summed E-state index contributed by atoms with van der Waals surface area (Å²) in [7, 11) is 0. The van der Waals surface area contributed by atoms with E-state index in [1.165, 1.54) is 23.4 Å². The lowest BCUT2D eigenvalue weighted by Crippen LogP contribution is -2.34. The van der Waals surface area contributed by atoms with Crippen molar-refractivity contribution in [3.05, 3.63) is 113 Å². The summed E-state index contributed by atoms with van der Waals surface area (Å²) in [5.74, 6) is 0.330. The Balaban J connectivity index is 1.09. The molecule has 46 heavy (non-hydrogen) atoms. The molecule has 5 aromatic rings. The van der Waals surface area contributed by atoms with Crippen LogP contribution in [0.3, 0.4) is 0 Å². The van der Waals surface area contributed by atoms with Crippen molar-refractivity contribution in [1.29, 1.82) is 0 Å². The number of anilines is 1. The average Bonchev–Trinajstić information content (AvgIpc) is 3.08. The Morgan fingerprint density at radius 1 is 0.674 bits per heavy atom. The number of phenolic OH excluding ortho intramolecular Hbond substituents is 1. The van der Waals surface area contributed by atoms with Gasteiger partial charge in [0, 0.05) is 46.9 Å². The van der Waals surface area contributed by atoms with E-state index in [2.05, 4.69) is 31.4 Å². The van der Waals surface area contributed by atoms with Gasteiger partial charge in [0.1, 0.15) is 5.75 Å². The van der Waals surface area contributed by atoms with Crippen LogP contribution in [0.2, 0.25) is 0 Å². The van der Waals surface area contributed by atoms with Crippen molar-refractivity contribution in [2.45, 2.75) is 31.9 Å². The molecule has 2 aliphatic rings. The number of aromatic hydroxyl groups is 1. The summed E-state index contributed by atoms with van der Waals surface area (Å²) in [6, 6.07) is 25.1. The lowest BCUT2D eigenvalue weighted by Gasteiger charge is -2.37. The molecule has 2 aliphatic heterocycles. The number of aryl methyl sites for hydroxylation is 1. The van der Waals surface area contributed by atoms with Gasteiger partial charge in [0.15, 0.2) is 0 Å². The van der Waals surface area contributed by atoms with Crippen LogP contribution in [0, 0.1) is 0 Å². The second kappa shape index (κ2) is 12.2. The molecule has 0 radical (unpaired) electrons. The molecule has 7 rings (SSSR count). The molecule has 5 aromatic carbocycles. The first kappa shape index (κ1) is 29.3. The maximum Gasteiger partial charge on any atom is 0.416 e. The van der Waals surface area contributed by atoms with Crippen LogP contribution in [-0.4, -0.2) is 24.4 Å². The second-order valence-electron chi connectivity index (χ2n) is 11.4. The van der Waals surface area contributed by atoms with Gasteiger partial charge in [-0.25, -0.2) is 0 Å². The fourth-order valence-corrected chi connectivity index (χ4v) is 6.10. The predicted molar refractivity (Wildman–Crippen MR) is 174 cm³/mol. The van der Waals surface area contributed by atoms with Gasteiger partial charge in [0.05, 0.1) is 34.0 Å². The number of fused-ring (bicyclic) bond motifs is 1. The highest BCUT2D eigenvalue weighted by Gasteiger charge is 2.30. The van der Waals surface area contributed by atoms with Crippen molar-refractivity contribution in [1.82, 2.24) is 0 Å². The molecule has 0 fully saturated rings. The third-order valence-corrected chi connectivity index (χ3v) is 8.34. The number of nitrogens with zero attached hydrogens (tertiary/aromatic N) is 6. The van der Waals surface area contributed by atoms with E-state index in [1.54, 1.807) is 30.5 Å². The Bertz CT molecular complexity index is 2000. The van der Waals surface area contributed by atoms with Gasteiger partial charge in [0.2, 0.25) is 0 Å². The van der Waals surface area contributed by atoms with Crippen molar-refractivity contribution in [2.24, 2.45) is 25.4 Å². The van der Waals surface area contributed by atoms with E-state index >= 15 is 0 Å². The van der Waals surface area contributed by atoms with Crippen LogP contribution in [0.1, 0.15) is 35.1 Å². The summed E-state index contributed by atoms with van der Waals surface area (Å²) in [6.07, 6.45) is 1.42. The number of aliphatic imine (C=N–C) groups is 1. The van der Waals surface area contributed by atoms with E-state index in [4.69, 9.17) is 4.99 Å². The van der Waals surface area contributed by atoms with E-state index in [1.807, 2.05) is 36.4 Å². The summed E-state index contributed by atoms with van der Waals surface area (Å²) in [5, 5.41) is 30.0. The number of alkyl halides is 3. The third-order valence-electron chi connectivity index (χ3n) is 8.34. The number of hydrogen-bond acceptors (Lipinski definition) is 7. The van der Waals surface area contributed by atoms with Crippen LogP contribution < -0.4 is 4.90 Å². The fraction of sp³-hybridized carbons (Fsp3) is 0.194. The van der Waals surface area contributed by atoms with Gasteiger partial charge in [0.25, 0.3) is 0 Å². The largest absolute Gasteiger partial charge is 0.507 e. The number of benzene rings is 5. The lowest BCUT2D eigenvalue weighted by atomic mass is 9.89. The highest BCUT2D eigenvalue weighted by atomic mass is 19.4. The minimum Gasteiger partial charge on any atom is -0.507 e. The van der Waals surface area contributed by atoms with Crippen molar-refractivity contribution in [2.75, 3.05) is 18.0 Å². The van der Waals surface area contributed by atoms with Gasteiger partial charge in [-0.05, 0) is 98.0 Å². The van der Waals surface area contributed by atoms with Crippen LogP contribution in [0.25, 0.3) is 10.8 Å². The molecular formula is C36H29F3N6O. The molecule has 0 amide bonds. The number of rotatable bonds is 6. The Hall–Kier alpha value is -5.38. The smallest absolute Gasteiger partial charge is 0.416 e.